The normalized spacial score (nSPS) is 9.23. The van der Waals surface area contributed by atoms with Crippen molar-refractivity contribution in [2.75, 3.05) is 0 Å². The van der Waals surface area contributed by atoms with E-state index in [1.165, 1.54) is 6.92 Å². The van der Waals surface area contributed by atoms with Gasteiger partial charge in [-0.15, -0.1) is 0 Å². The maximum absolute atomic E-state index is 10.6. The molecule has 1 heterocycles. The first kappa shape index (κ1) is 8.99. The van der Waals surface area contributed by atoms with Gasteiger partial charge in [0.1, 0.15) is 0 Å². The summed E-state index contributed by atoms with van der Waals surface area (Å²) in [5.74, 6) is -0.524. The first-order chi connectivity index (χ1) is 6.15. The molecule has 7 nitrogen and oxygen atoms in total. The zero-order valence-corrected chi connectivity index (χ0v) is 6.68. The SMILES string of the molecule is CC(=O)OCc1no[n+]([O-])c1C#N. The van der Waals surface area contributed by atoms with E-state index in [1.807, 2.05) is 0 Å². The molecule has 1 rings (SSSR count). The molecule has 1 aromatic heterocycles. The Labute approximate surface area is 72.7 Å². The summed E-state index contributed by atoms with van der Waals surface area (Å²) in [6.45, 7) is 0.967. The van der Waals surface area contributed by atoms with Gasteiger partial charge < -0.3 is 9.94 Å². The summed E-state index contributed by atoms with van der Waals surface area (Å²) < 4.78 is 8.64. The maximum Gasteiger partial charge on any atom is 0.303 e. The molecule has 0 aliphatic carbocycles. The van der Waals surface area contributed by atoms with Crippen LogP contribution >= 0.6 is 0 Å². The third-order valence-electron chi connectivity index (χ3n) is 1.20. The van der Waals surface area contributed by atoms with Crippen LogP contribution in [0.5, 0.6) is 0 Å². The molecule has 0 aliphatic rings. The Morgan fingerprint density at radius 1 is 1.92 bits per heavy atom. The zero-order valence-electron chi connectivity index (χ0n) is 6.68. The quantitative estimate of drug-likeness (QED) is 0.441. The van der Waals surface area contributed by atoms with E-state index in [2.05, 4.69) is 14.5 Å². The van der Waals surface area contributed by atoms with E-state index in [0.717, 1.165) is 0 Å². The van der Waals surface area contributed by atoms with E-state index < -0.39 is 5.97 Å². The van der Waals surface area contributed by atoms with Gasteiger partial charge >= 0.3 is 11.7 Å². The Bertz CT molecular complexity index is 364. The molecule has 13 heavy (non-hydrogen) atoms. The minimum Gasteiger partial charge on any atom is -0.457 e. The Balaban J connectivity index is 2.78. The average Bonchev–Trinajstić information content (AvgIpc) is 2.42. The number of carbonyl (C=O) groups excluding carboxylic acids is 1. The van der Waals surface area contributed by atoms with Crippen molar-refractivity contribution in [3.8, 4) is 6.07 Å². The number of nitrogens with zero attached hydrogens (tertiary/aromatic N) is 3. The summed E-state index contributed by atoms with van der Waals surface area (Å²) in [4.78, 5) is 10.3. The first-order valence-corrected chi connectivity index (χ1v) is 3.27. The molecular formula is C6H5N3O4. The highest BCUT2D eigenvalue weighted by molar-refractivity contribution is 5.65. The van der Waals surface area contributed by atoms with Gasteiger partial charge in [0.2, 0.25) is 0 Å². The number of rotatable bonds is 2. The van der Waals surface area contributed by atoms with Crippen LogP contribution in [-0.4, -0.2) is 11.1 Å². The highest BCUT2D eigenvalue weighted by atomic mass is 16.8. The lowest BCUT2D eigenvalue weighted by atomic mass is 10.3. The molecule has 0 saturated carbocycles. The Kier molecular flexibility index (Phi) is 2.44. The van der Waals surface area contributed by atoms with E-state index in [0.29, 0.717) is 0 Å². The van der Waals surface area contributed by atoms with Crippen molar-refractivity contribution < 1.29 is 19.1 Å². The number of hydrogen-bond donors (Lipinski definition) is 0. The van der Waals surface area contributed by atoms with Gasteiger partial charge in [-0.25, -0.2) is 0 Å². The van der Waals surface area contributed by atoms with Crippen molar-refractivity contribution in [3.05, 3.63) is 16.6 Å². The third-order valence-corrected chi connectivity index (χ3v) is 1.20. The van der Waals surface area contributed by atoms with Gasteiger partial charge in [-0.1, -0.05) is 0 Å². The van der Waals surface area contributed by atoms with Crippen LogP contribution in [0.4, 0.5) is 0 Å². The van der Waals surface area contributed by atoms with Crippen LogP contribution in [0, 0.1) is 16.5 Å². The molecule has 0 bridgehead atoms. The molecule has 0 aliphatic heterocycles. The van der Waals surface area contributed by atoms with Crippen molar-refractivity contribution in [2.24, 2.45) is 0 Å². The molecule has 0 atom stereocenters. The number of esters is 1. The van der Waals surface area contributed by atoms with Crippen LogP contribution in [-0.2, 0) is 16.1 Å². The fraction of sp³-hybridized carbons (Fsp3) is 0.333. The van der Waals surface area contributed by atoms with Gasteiger partial charge in [0, 0.05) is 12.1 Å². The molecule has 1 aromatic rings. The predicted molar refractivity (Wildman–Crippen MR) is 35.6 cm³/mol. The maximum atomic E-state index is 10.6. The summed E-state index contributed by atoms with van der Waals surface area (Å²) >= 11 is 0. The number of carbonyl (C=O) groups is 1. The second-order valence-corrected chi connectivity index (χ2v) is 2.12. The minimum absolute atomic E-state index is 0.00713. The lowest BCUT2D eigenvalue weighted by Gasteiger charge is -1.92. The molecule has 68 valence electrons. The largest absolute Gasteiger partial charge is 0.457 e. The number of nitriles is 1. The van der Waals surface area contributed by atoms with Crippen LogP contribution in [0.25, 0.3) is 0 Å². The smallest absolute Gasteiger partial charge is 0.303 e. The summed E-state index contributed by atoms with van der Waals surface area (Å²) in [6.07, 6.45) is 0. The van der Waals surface area contributed by atoms with Crippen molar-refractivity contribution in [2.45, 2.75) is 13.5 Å². The highest BCUT2D eigenvalue weighted by Gasteiger charge is 2.19. The average molecular weight is 183 g/mol. The van der Waals surface area contributed by atoms with Gasteiger partial charge in [0.25, 0.3) is 5.69 Å². The van der Waals surface area contributed by atoms with Gasteiger partial charge in [0.05, 0.1) is 0 Å². The van der Waals surface area contributed by atoms with Crippen LogP contribution in [0.3, 0.4) is 0 Å². The zero-order chi connectivity index (χ0) is 9.84. The molecule has 0 saturated heterocycles. The minimum atomic E-state index is -0.524. The third kappa shape index (κ3) is 1.93. The molecule has 0 N–H and O–H groups in total. The van der Waals surface area contributed by atoms with E-state index in [9.17, 15) is 10.0 Å². The van der Waals surface area contributed by atoms with Crippen LogP contribution < -0.4 is 4.90 Å². The van der Waals surface area contributed by atoms with E-state index in [4.69, 9.17) is 5.26 Å². The summed E-state index contributed by atoms with van der Waals surface area (Å²) in [6, 6.07) is 1.57. The van der Waals surface area contributed by atoms with E-state index in [-0.39, 0.29) is 22.9 Å². The fourth-order valence-electron chi connectivity index (χ4n) is 0.646. The molecule has 0 aromatic carbocycles. The second-order valence-electron chi connectivity index (χ2n) is 2.12. The Hall–Kier alpha value is -2.10. The highest BCUT2D eigenvalue weighted by Crippen LogP contribution is 2.00. The van der Waals surface area contributed by atoms with Crippen molar-refractivity contribution in [1.29, 1.82) is 5.26 Å². The van der Waals surface area contributed by atoms with Crippen molar-refractivity contribution >= 4 is 5.97 Å². The van der Waals surface area contributed by atoms with E-state index >= 15 is 0 Å². The number of aromatic nitrogens is 2. The van der Waals surface area contributed by atoms with Crippen LogP contribution in [0.15, 0.2) is 4.63 Å². The molecule has 0 spiro atoms. The first-order valence-electron chi connectivity index (χ1n) is 3.27. The topological polar surface area (TPSA) is 103 Å². The van der Waals surface area contributed by atoms with Gasteiger partial charge in [0.15, 0.2) is 12.7 Å². The number of ether oxygens (including phenoxy) is 1. The van der Waals surface area contributed by atoms with Crippen molar-refractivity contribution in [3.63, 3.8) is 0 Å². The number of hydrogen-bond acceptors (Lipinski definition) is 6. The monoisotopic (exact) mass is 183 g/mol. The molecule has 0 fully saturated rings. The summed E-state index contributed by atoms with van der Waals surface area (Å²) in [5.41, 5.74) is -0.297. The Morgan fingerprint density at radius 3 is 3.15 bits per heavy atom. The van der Waals surface area contributed by atoms with Crippen LogP contribution in [0.2, 0.25) is 0 Å². The van der Waals surface area contributed by atoms with Crippen molar-refractivity contribution in [1.82, 2.24) is 5.16 Å². The standard InChI is InChI=1S/C6H5N3O4/c1-4(10)12-3-5-6(2-7)9(11)13-8-5/h3H2,1H3. The van der Waals surface area contributed by atoms with E-state index in [1.54, 1.807) is 6.07 Å². The van der Waals surface area contributed by atoms with Crippen LogP contribution in [0.1, 0.15) is 18.3 Å². The summed E-state index contributed by atoms with van der Waals surface area (Å²) in [5, 5.41) is 22.3. The molecule has 7 heteroatoms. The van der Waals surface area contributed by atoms with Gasteiger partial charge in [-0.3, -0.25) is 9.42 Å². The Morgan fingerprint density at radius 2 is 2.62 bits per heavy atom. The lowest BCUT2D eigenvalue weighted by molar-refractivity contribution is -0.804. The summed E-state index contributed by atoms with van der Waals surface area (Å²) in [7, 11) is 0. The molecular weight excluding hydrogens is 178 g/mol. The van der Waals surface area contributed by atoms with Gasteiger partial charge in [-0.05, 0) is 4.90 Å². The predicted octanol–water partition coefficient (Wildman–Crippen LogP) is -0.757. The molecule has 0 radical (unpaired) electrons. The molecule has 0 unspecified atom stereocenters. The van der Waals surface area contributed by atoms with Gasteiger partial charge in [-0.2, -0.15) is 5.26 Å². The lowest BCUT2D eigenvalue weighted by Crippen LogP contribution is -2.26. The molecule has 0 amide bonds. The second kappa shape index (κ2) is 3.53. The fourth-order valence-corrected chi connectivity index (χ4v) is 0.646.